The van der Waals surface area contributed by atoms with Gasteiger partial charge in [0.2, 0.25) is 0 Å². The zero-order chi connectivity index (χ0) is 16.1. The summed E-state index contributed by atoms with van der Waals surface area (Å²) in [5, 5.41) is 17.1. The van der Waals surface area contributed by atoms with Gasteiger partial charge in [0.25, 0.3) is 0 Å². The minimum Gasteiger partial charge on any atom is -0.393 e. The van der Waals surface area contributed by atoms with E-state index in [1.807, 2.05) is 0 Å². The molecule has 1 heterocycles. The third kappa shape index (κ3) is 5.63. The van der Waals surface area contributed by atoms with Gasteiger partial charge >= 0.3 is 0 Å². The summed E-state index contributed by atoms with van der Waals surface area (Å²) >= 11 is 0. The van der Waals surface area contributed by atoms with E-state index in [2.05, 4.69) is 72.5 Å². The van der Waals surface area contributed by atoms with Crippen LogP contribution in [0.4, 0.5) is 0 Å². The zero-order valence-corrected chi connectivity index (χ0v) is 17.9. The standard InChI is InChI=1S/C20H27NOSi.2H2S/c1-23(19-10-4-2-5-11-19,20-12-6-3-7-13-20)16-18(22)15-17-9-8-14-21-17;;/h2-7,10-13,17-18,21-22H,8-9,14-16H2,1H3;2*1H2/t17-,18-;;/m0../s1. The second kappa shape index (κ2) is 10.4. The molecule has 2 aromatic carbocycles. The lowest BCUT2D eigenvalue weighted by molar-refractivity contribution is 0.170. The second-order valence-electron chi connectivity index (χ2n) is 6.95. The van der Waals surface area contributed by atoms with E-state index >= 15 is 0 Å². The van der Waals surface area contributed by atoms with E-state index in [0.29, 0.717) is 6.04 Å². The van der Waals surface area contributed by atoms with E-state index < -0.39 is 8.07 Å². The van der Waals surface area contributed by atoms with Crippen molar-refractivity contribution in [1.82, 2.24) is 5.32 Å². The summed E-state index contributed by atoms with van der Waals surface area (Å²) in [6.45, 7) is 3.49. The SMILES string of the molecule is C[Si](C[C@@H](O)C[C@@H]1CCCN1)(c1ccccc1)c1ccccc1.S.S. The first-order valence-electron chi connectivity index (χ1n) is 8.71. The number of benzene rings is 2. The van der Waals surface area contributed by atoms with Gasteiger partial charge in [0, 0.05) is 6.04 Å². The number of aliphatic hydroxyl groups excluding tert-OH is 1. The van der Waals surface area contributed by atoms with Gasteiger partial charge in [0.1, 0.15) is 8.07 Å². The van der Waals surface area contributed by atoms with Crippen LogP contribution in [0, 0.1) is 0 Å². The summed E-state index contributed by atoms with van der Waals surface area (Å²) in [5.41, 5.74) is 0. The molecule has 2 atom stereocenters. The molecular weight excluding hydrogens is 362 g/mol. The largest absolute Gasteiger partial charge is 0.393 e. The average Bonchev–Trinajstić information content (AvgIpc) is 3.09. The van der Waals surface area contributed by atoms with Crippen molar-refractivity contribution in [3.8, 4) is 0 Å². The van der Waals surface area contributed by atoms with Gasteiger partial charge in [-0.3, -0.25) is 0 Å². The van der Waals surface area contributed by atoms with Gasteiger partial charge in [-0.1, -0.05) is 77.6 Å². The van der Waals surface area contributed by atoms with Crippen molar-refractivity contribution < 1.29 is 5.11 Å². The van der Waals surface area contributed by atoms with Crippen molar-refractivity contribution in [3.05, 3.63) is 60.7 Å². The Hall–Kier alpha value is -0.723. The smallest absolute Gasteiger partial charge is 0.117 e. The van der Waals surface area contributed by atoms with E-state index in [0.717, 1.165) is 19.0 Å². The predicted molar refractivity (Wildman–Crippen MR) is 121 cm³/mol. The molecule has 138 valence electrons. The van der Waals surface area contributed by atoms with Crippen LogP contribution in [0.1, 0.15) is 19.3 Å². The monoisotopic (exact) mass is 393 g/mol. The highest BCUT2D eigenvalue weighted by molar-refractivity contribution is 7.59. The topological polar surface area (TPSA) is 32.3 Å². The maximum atomic E-state index is 10.8. The van der Waals surface area contributed by atoms with Gasteiger partial charge in [-0.25, -0.2) is 0 Å². The van der Waals surface area contributed by atoms with Crippen LogP contribution in [0.5, 0.6) is 0 Å². The van der Waals surface area contributed by atoms with Crippen molar-refractivity contribution in [3.63, 3.8) is 0 Å². The number of rotatable bonds is 6. The third-order valence-corrected chi connectivity index (χ3v) is 9.69. The summed E-state index contributed by atoms with van der Waals surface area (Å²) < 4.78 is 0. The molecule has 3 rings (SSSR count). The second-order valence-corrected chi connectivity index (χ2v) is 11.2. The lowest BCUT2D eigenvalue weighted by Gasteiger charge is -2.31. The lowest BCUT2D eigenvalue weighted by Crippen LogP contribution is -2.57. The van der Waals surface area contributed by atoms with Crippen LogP contribution in [0.2, 0.25) is 12.6 Å². The number of hydrogen-bond acceptors (Lipinski definition) is 2. The first kappa shape index (κ1) is 22.3. The van der Waals surface area contributed by atoms with Gasteiger partial charge in [0.15, 0.2) is 0 Å². The Morgan fingerprint density at radius 1 is 1.00 bits per heavy atom. The molecule has 0 saturated carbocycles. The first-order chi connectivity index (χ1) is 11.2. The van der Waals surface area contributed by atoms with Gasteiger partial charge < -0.3 is 10.4 Å². The van der Waals surface area contributed by atoms with Crippen LogP contribution in [0.3, 0.4) is 0 Å². The third-order valence-electron chi connectivity index (χ3n) is 5.18. The molecule has 1 saturated heterocycles. The maximum Gasteiger partial charge on any atom is 0.117 e. The molecule has 0 amide bonds. The Balaban J connectivity index is 0.00000156. The first-order valence-corrected chi connectivity index (χ1v) is 11.4. The van der Waals surface area contributed by atoms with Crippen LogP contribution in [0.25, 0.3) is 0 Å². The van der Waals surface area contributed by atoms with Gasteiger partial charge in [0.05, 0.1) is 6.10 Å². The molecule has 0 aromatic heterocycles. The van der Waals surface area contributed by atoms with Crippen LogP contribution < -0.4 is 15.7 Å². The highest BCUT2D eigenvalue weighted by atomic mass is 32.1. The molecule has 1 aliphatic heterocycles. The van der Waals surface area contributed by atoms with Crippen molar-refractivity contribution in [2.45, 2.75) is 44.0 Å². The summed E-state index contributed by atoms with van der Waals surface area (Å²) in [7, 11) is -1.91. The molecule has 0 aliphatic carbocycles. The Morgan fingerprint density at radius 3 is 1.96 bits per heavy atom. The summed E-state index contributed by atoms with van der Waals surface area (Å²) in [5.74, 6) is 0. The number of hydrogen-bond donors (Lipinski definition) is 2. The van der Waals surface area contributed by atoms with Crippen LogP contribution in [-0.4, -0.2) is 31.9 Å². The summed E-state index contributed by atoms with van der Waals surface area (Å²) in [6.07, 6.45) is 3.08. The Morgan fingerprint density at radius 2 is 1.52 bits per heavy atom. The quantitative estimate of drug-likeness (QED) is 0.740. The lowest BCUT2D eigenvalue weighted by atomic mass is 10.1. The van der Waals surface area contributed by atoms with Gasteiger partial charge in [-0.2, -0.15) is 27.0 Å². The van der Waals surface area contributed by atoms with Gasteiger partial charge in [-0.15, -0.1) is 0 Å². The minimum atomic E-state index is -1.91. The fourth-order valence-electron chi connectivity index (χ4n) is 3.86. The van der Waals surface area contributed by atoms with Crippen LogP contribution in [0.15, 0.2) is 60.7 Å². The molecule has 1 fully saturated rings. The Kier molecular flexibility index (Phi) is 9.31. The molecule has 0 radical (unpaired) electrons. The molecule has 25 heavy (non-hydrogen) atoms. The van der Waals surface area contributed by atoms with E-state index in [-0.39, 0.29) is 33.1 Å². The summed E-state index contributed by atoms with van der Waals surface area (Å²) in [4.78, 5) is 0. The molecule has 2 aromatic rings. The fourth-order valence-corrected chi connectivity index (χ4v) is 7.63. The summed E-state index contributed by atoms with van der Waals surface area (Å²) in [6, 6.07) is 22.9. The molecular formula is C20H31NOS2Si. The molecule has 0 bridgehead atoms. The molecule has 2 N–H and O–H groups in total. The highest BCUT2D eigenvalue weighted by Gasteiger charge is 2.34. The minimum absolute atomic E-state index is 0. The van der Waals surface area contributed by atoms with Gasteiger partial charge in [-0.05, 0) is 31.9 Å². The number of nitrogens with one attached hydrogen (secondary N) is 1. The van der Waals surface area contributed by atoms with Crippen molar-refractivity contribution in [1.29, 1.82) is 0 Å². The van der Waals surface area contributed by atoms with E-state index in [4.69, 9.17) is 0 Å². The van der Waals surface area contributed by atoms with Crippen LogP contribution >= 0.6 is 27.0 Å². The molecule has 5 heteroatoms. The maximum absolute atomic E-state index is 10.8. The Labute approximate surface area is 167 Å². The van der Waals surface area contributed by atoms with Crippen molar-refractivity contribution in [2.75, 3.05) is 6.54 Å². The van der Waals surface area contributed by atoms with Crippen molar-refractivity contribution in [2.24, 2.45) is 0 Å². The van der Waals surface area contributed by atoms with E-state index in [1.165, 1.54) is 23.2 Å². The Bertz CT molecular complexity index is 566. The zero-order valence-electron chi connectivity index (χ0n) is 14.9. The fraction of sp³-hybridized carbons (Fsp3) is 0.400. The van der Waals surface area contributed by atoms with E-state index in [9.17, 15) is 5.11 Å². The van der Waals surface area contributed by atoms with E-state index in [1.54, 1.807) is 0 Å². The predicted octanol–water partition coefficient (Wildman–Crippen LogP) is 2.61. The number of aliphatic hydroxyl groups is 1. The molecule has 1 aliphatic rings. The average molecular weight is 394 g/mol. The van der Waals surface area contributed by atoms with Crippen LogP contribution in [-0.2, 0) is 0 Å². The van der Waals surface area contributed by atoms with Crippen molar-refractivity contribution >= 4 is 45.4 Å². The molecule has 2 nitrogen and oxygen atoms in total. The highest BCUT2D eigenvalue weighted by Crippen LogP contribution is 2.19. The molecule has 0 spiro atoms. The molecule has 0 unspecified atom stereocenters. The normalized spacial score (nSPS) is 18.1.